The summed E-state index contributed by atoms with van der Waals surface area (Å²) in [5.74, 6) is 0.891. The Balaban J connectivity index is 2.44. The van der Waals surface area contributed by atoms with Crippen LogP contribution in [0.4, 0.5) is 0 Å². The highest BCUT2D eigenvalue weighted by Gasteiger charge is 2.23. The van der Waals surface area contributed by atoms with Crippen molar-refractivity contribution in [2.75, 3.05) is 0 Å². The molecular formula is C14H21N3. The largest absolute Gasteiger partial charge is 0.340 e. The summed E-state index contributed by atoms with van der Waals surface area (Å²) in [6.07, 6.45) is 3.04. The van der Waals surface area contributed by atoms with Crippen LogP contribution in [0, 0.1) is 0 Å². The standard InChI is InChI=1S/C14H21N3/c1-4-8-14(3,15)13-16-11-7-6-10(5-2)9-12(11)17-13/h6-7,9H,4-5,8,15H2,1-3H3,(H,16,17). The summed E-state index contributed by atoms with van der Waals surface area (Å²) in [5.41, 5.74) is 9.34. The molecule has 0 amide bonds. The normalized spacial score (nSPS) is 15.1. The summed E-state index contributed by atoms with van der Waals surface area (Å²) in [5, 5.41) is 0. The van der Waals surface area contributed by atoms with E-state index in [0.29, 0.717) is 0 Å². The average Bonchev–Trinajstić information content (AvgIpc) is 2.72. The second kappa shape index (κ2) is 4.49. The number of hydrogen-bond donors (Lipinski definition) is 2. The van der Waals surface area contributed by atoms with E-state index in [0.717, 1.165) is 36.1 Å². The number of benzene rings is 1. The molecule has 0 saturated heterocycles. The Morgan fingerprint density at radius 3 is 2.76 bits per heavy atom. The quantitative estimate of drug-likeness (QED) is 0.849. The molecule has 3 heteroatoms. The number of nitrogens with one attached hydrogen (secondary N) is 1. The number of aromatic nitrogens is 2. The number of imidazole rings is 1. The van der Waals surface area contributed by atoms with Gasteiger partial charge < -0.3 is 10.7 Å². The molecule has 0 fully saturated rings. The Labute approximate surface area is 102 Å². The lowest BCUT2D eigenvalue weighted by molar-refractivity contribution is 0.424. The molecule has 17 heavy (non-hydrogen) atoms. The summed E-state index contributed by atoms with van der Waals surface area (Å²) in [7, 11) is 0. The van der Waals surface area contributed by atoms with Crippen LogP contribution in [0.25, 0.3) is 11.0 Å². The zero-order chi connectivity index (χ0) is 12.5. The third-order valence-electron chi connectivity index (χ3n) is 3.26. The molecule has 0 saturated carbocycles. The van der Waals surface area contributed by atoms with Crippen LogP contribution >= 0.6 is 0 Å². The fraction of sp³-hybridized carbons (Fsp3) is 0.500. The van der Waals surface area contributed by atoms with Crippen LogP contribution in [-0.2, 0) is 12.0 Å². The van der Waals surface area contributed by atoms with Gasteiger partial charge in [-0.15, -0.1) is 0 Å². The molecule has 0 bridgehead atoms. The van der Waals surface area contributed by atoms with E-state index < -0.39 is 0 Å². The minimum absolute atomic E-state index is 0.361. The predicted molar refractivity (Wildman–Crippen MR) is 71.9 cm³/mol. The minimum Gasteiger partial charge on any atom is -0.340 e. The molecule has 1 unspecified atom stereocenters. The van der Waals surface area contributed by atoms with Crippen LogP contribution in [0.2, 0.25) is 0 Å². The maximum absolute atomic E-state index is 6.29. The van der Waals surface area contributed by atoms with Crippen molar-refractivity contribution in [3.8, 4) is 0 Å². The number of rotatable bonds is 4. The molecule has 0 radical (unpaired) electrons. The van der Waals surface area contributed by atoms with Crippen molar-refractivity contribution in [1.82, 2.24) is 9.97 Å². The van der Waals surface area contributed by atoms with E-state index in [2.05, 4.69) is 42.0 Å². The number of fused-ring (bicyclic) bond motifs is 1. The van der Waals surface area contributed by atoms with Gasteiger partial charge >= 0.3 is 0 Å². The molecule has 0 aliphatic carbocycles. The maximum atomic E-state index is 6.29. The van der Waals surface area contributed by atoms with Crippen LogP contribution in [0.1, 0.15) is 45.0 Å². The van der Waals surface area contributed by atoms with Crippen LogP contribution in [0.5, 0.6) is 0 Å². The van der Waals surface area contributed by atoms with Crippen molar-refractivity contribution in [2.24, 2.45) is 5.73 Å². The number of nitrogens with zero attached hydrogens (tertiary/aromatic N) is 1. The van der Waals surface area contributed by atoms with Crippen LogP contribution < -0.4 is 5.73 Å². The maximum Gasteiger partial charge on any atom is 0.127 e. The lowest BCUT2D eigenvalue weighted by atomic mass is 9.97. The Morgan fingerprint density at radius 2 is 2.12 bits per heavy atom. The molecule has 1 atom stereocenters. The molecule has 2 aromatic rings. The fourth-order valence-electron chi connectivity index (χ4n) is 2.18. The zero-order valence-corrected chi connectivity index (χ0v) is 10.9. The van der Waals surface area contributed by atoms with Gasteiger partial charge in [-0.25, -0.2) is 4.98 Å². The van der Waals surface area contributed by atoms with E-state index in [-0.39, 0.29) is 5.54 Å². The first-order valence-electron chi connectivity index (χ1n) is 6.35. The number of nitrogens with two attached hydrogens (primary N) is 1. The van der Waals surface area contributed by atoms with Crippen molar-refractivity contribution in [3.05, 3.63) is 29.6 Å². The van der Waals surface area contributed by atoms with Crippen LogP contribution in [0.15, 0.2) is 18.2 Å². The first-order valence-corrected chi connectivity index (χ1v) is 6.35. The van der Waals surface area contributed by atoms with Gasteiger partial charge in [0.1, 0.15) is 5.82 Å². The lowest BCUT2D eigenvalue weighted by Crippen LogP contribution is -2.34. The van der Waals surface area contributed by atoms with Crippen LogP contribution in [-0.4, -0.2) is 9.97 Å². The molecule has 1 heterocycles. The molecule has 1 aromatic carbocycles. The van der Waals surface area contributed by atoms with E-state index >= 15 is 0 Å². The first-order chi connectivity index (χ1) is 8.06. The highest BCUT2D eigenvalue weighted by Crippen LogP contribution is 2.23. The number of H-pyrrole nitrogens is 1. The number of aromatic amines is 1. The van der Waals surface area contributed by atoms with Gasteiger partial charge in [-0.1, -0.05) is 26.3 Å². The van der Waals surface area contributed by atoms with E-state index in [4.69, 9.17) is 5.73 Å². The number of aryl methyl sites for hydroxylation is 1. The van der Waals surface area contributed by atoms with Gasteiger partial charge in [-0.05, 0) is 37.5 Å². The van der Waals surface area contributed by atoms with Crippen LogP contribution in [0.3, 0.4) is 0 Å². The third-order valence-corrected chi connectivity index (χ3v) is 3.26. The van der Waals surface area contributed by atoms with Gasteiger partial charge in [0.25, 0.3) is 0 Å². The summed E-state index contributed by atoms with van der Waals surface area (Å²) < 4.78 is 0. The second-order valence-corrected chi connectivity index (χ2v) is 4.96. The topological polar surface area (TPSA) is 54.7 Å². The fourth-order valence-corrected chi connectivity index (χ4v) is 2.18. The second-order valence-electron chi connectivity index (χ2n) is 4.96. The van der Waals surface area contributed by atoms with E-state index in [1.54, 1.807) is 0 Å². The third kappa shape index (κ3) is 2.34. The van der Waals surface area contributed by atoms with Crippen molar-refractivity contribution in [2.45, 2.75) is 45.6 Å². The van der Waals surface area contributed by atoms with Gasteiger partial charge in [0.2, 0.25) is 0 Å². The van der Waals surface area contributed by atoms with Gasteiger partial charge in [-0.3, -0.25) is 0 Å². The zero-order valence-electron chi connectivity index (χ0n) is 10.9. The molecule has 0 aliphatic heterocycles. The molecule has 0 spiro atoms. The molecular weight excluding hydrogens is 210 g/mol. The monoisotopic (exact) mass is 231 g/mol. The lowest BCUT2D eigenvalue weighted by Gasteiger charge is -2.20. The first kappa shape index (κ1) is 12.1. The van der Waals surface area contributed by atoms with Gasteiger partial charge in [0.05, 0.1) is 16.6 Å². The van der Waals surface area contributed by atoms with Crippen molar-refractivity contribution >= 4 is 11.0 Å². The highest BCUT2D eigenvalue weighted by atomic mass is 15.0. The van der Waals surface area contributed by atoms with Gasteiger partial charge in [0.15, 0.2) is 0 Å². The number of hydrogen-bond acceptors (Lipinski definition) is 2. The molecule has 2 rings (SSSR count). The SMILES string of the molecule is CCCC(C)(N)c1nc2ccc(CC)cc2[nH]1. The summed E-state index contributed by atoms with van der Waals surface area (Å²) in [4.78, 5) is 7.96. The Bertz CT molecular complexity index is 511. The Kier molecular flexibility index (Phi) is 3.20. The smallest absolute Gasteiger partial charge is 0.127 e. The van der Waals surface area contributed by atoms with E-state index in [1.165, 1.54) is 5.56 Å². The van der Waals surface area contributed by atoms with E-state index in [9.17, 15) is 0 Å². The highest BCUT2D eigenvalue weighted by molar-refractivity contribution is 5.76. The van der Waals surface area contributed by atoms with Gasteiger partial charge in [0, 0.05) is 0 Å². The average molecular weight is 231 g/mol. The molecule has 0 aliphatic rings. The summed E-state index contributed by atoms with van der Waals surface area (Å²) in [6, 6.07) is 6.35. The minimum atomic E-state index is -0.361. The van der Waals surface area contributed by atoms with Gasteiger partial charge in [-0.2, -0.15) is 0 Å². The van der Waals surface area contributed by atoms with E-state index in [1.807, 2.05) is 6.92 Å². The molecule has 92 valence electrons. The predicted octanol–water partition coefficient (Wildman–Crippen LogP) is 3.10. The molecule has 3 N–H and O–H groups in total. The Morgan fingerprint density at radius 1 is 1.35 bits per heavy atom. The Hall–Kier alpha value is -1.35. The van der Waals surface area contributed by atoms with Crippen molar-refractivity contribution in [3.63, 3.8) is 0 Å². The van der Waals surface area contributed by atoms with Crippen molar-refractivity contribution in [1.29, 1.82) is 0 Å². The molecule has 3 nitrogen and oxygen atoms in total. The summed E-state index contributed by atoms with van der Waals surface area (Å²) in [6.45, 7) is 6.33. The summed E-state index contributed by atoms with van der Waals surface area (Å²) >= 11 is 0. The van der Waals surface area contributed by atoms with Crippen molar-refractivity contribution < 1.29 is 0 Å². The molecule has 1 aromatic heterocycles.